The number of rotatable bonds is 8. The first-order chi connectivity index (χ1) is 10.5. The fraction of sp³-hybridized carbons (Fsp3) is 0.500. The molecule has 1 aromatic carbocycles. The van der Waals surface area contributed by atoms with Crippen LogP contribution in [-0.4, -0.2) is 43.0 Å². The highest BCUT2D eigenvalue weighted by molar-refractivity contribution is 6.30. The van der Waals surface area contributed by atoms with Crippen LogP contribution in [0.15, 0.2) is 24.3 Å². The first-order valence-corrected chi connectivity index (χ1v) is 7.61. The number of hydrogen-bond acceptors (Lipinski definition) is 3. The fourth-order valence-electron chi connectivity index (χ4n) is 2.02. The average molecular weight is 327 g/mol. The highest BCUT2D eigenvalue weighted by atomic mass is 35.5. The van der Waals surface area contributed by atoms with Crippen LogP contribution in [0.1, 0.15) is 25.8 Å². The van der Waals surface area contributed by atoms with Gasteiger partial charge in [0.25, 0.3) is 0 Å². The van der Waals surface area contributed by atoms with E-state index in [2.05, 4.69) is 5.32 Å². The molecule has 0 fully saturated rings. The largest absolute Gasteiger partial charge is 0.385 e. The summed E-state index contributed by atoms with van der Waals surface area (Å²) in [5.41, 5.74) is 0.929. The van der Waals surface area contributed by atoms with Gasteiger partial charge in [0.05, 0.1) is 0 Å². The molecule has 122 valence electrons. The molecule has 0 saturated carbocycles. The standard InChI is InChI=1S/C16H23ClN2O3/c1-12(16(21)18-9-4-10-22-3)19(13(2)20)11-14-5-7-15(17)8-6-14/h5-8,12H,4,9-11H2,1-3H3,(H,18,21). The van der Waals surface area contributed by atoms with Crippen molar-refractivity contribution >= 4 is 23.4 Å². The molecule has 0 spiro atoms. The number of halogens is 1. The van der Waals surface area contributed by atoms with Crippen LogP contribution in [0.25, 0.3) is 0 Å². The summed E-state index contributed by atoms with van der Waals surface area (Å²) in [5, 5.41) is 3.45. The lowest BCUT2D eigenvalue weighted by atomic mass is 10.1. The highest BCUT2D eigenvalue weighted by Gasteiger charge is 2.23. The van der Waals surface area contributed by atoms with Crippen molar-refractivity contribution < 1.29 is 14.3 Å². The van der Waals surface area contributed by atoms with Crippen LogP contribution in [-0.2, 0) is 20.9 Å². The van der Waals surface area contributed by atoms with Gasteiger partial charge in [-0.05, 0) is 31.0 Å². The summed E-state index contributed by atoms with van der Waals surface area (Å²) in [7, 11) is 1.62. The van der Waals surface area contributed by atoms with Crippen molar-refractivity contribution in [1.82, 2.24) is 10.2 Å². The van der Waals surface area contributed by atoms with Crippen molar-refractivity contribution in [2.24, 2.45) is 0 Å². The Morgan fingerprint density at radius 2 is 1.95 bits per heavy atom. The number of benzene rings is 1. The number of methoxy groups -OCH3 is 1. The fourth-order valence-corrected chi connectivity index (χ4v) is 2.15. The normalized spacial score (nSPS) is 11.8. The predicted molar refractivity (Wildman–Crippen MR) is 86.6 cm³/mol. The first-order valence-electron chi connectivity index (χ1n) is 7.24. The third kappa shape index (κ3) is 6.03. The number of carbonyl (C=O) groups is 2. The Balaban J connectivity index is 2.63. The van der Waals surface area contributed by atoms with E-state index in [0.29, 0.717) is 24.7 Å². The molecule has 0 aliphatic carbocycles. The summed E-state index contributed by atoms with van der Waals surface area (Å²) < 4.78 is 4.93. The van der Waals surface area contributed by atoms with Crippen molar-refractivity contribution in [2.75, 3.05) is 20.3 Å². The number of nitrogens with zero attached hydrogens (tertiary/aromatic N) is 1. The van der Waals surface area contributed by atoms with E-state index in [-0.39, 0.29) is 11.8 Å². The third-order valence-electron chi connectivity index (χ3n) is 3.34. The molecular weight excluding hydrogens is 304 g/mol. The lowest BCUT2D eigenvalue weighted by molar-refractivity contribution is -0.139. The summed E-state index contributed by atoms with van der Waals surface area (Å²) in [6.45, 7) is 4.69. The molecule has 1 aromatic rings. The van der Waals surface area contributed by atoms with Crippen LogP contribution in [0.4, 0.5) is 0 Å². The Hall–Kier alpha value is -1.59. The molecule has 22 heavy (non-hydrogen) atoms. The van der Waals surface area contributed by atoms with Crippen molar-refractivity contribution in [2.45, 2.75) is 32.9 Å². The van der Waals surface area contributed by atoms with Crippen LogP contribution in [0, 0.1) is 0 Å². The van der Waals surface area contributed by atoms with Gasteiger partial charge < -0.3 is 15.0 Å². The SMILES string of the molecule is COCCCNC(=O)C(C)N(Cc1ccc(Cl)cc1)C(C)=O. The van der Waals surface area contributed by atoms with Gasteiger partial charge in [-0.3, -0.25) is 9.59 Å². The monoisotopic (exact) mass is 326 g/mol. The Kier molecular flexibility index (Phi) is 7.91. The number of ether oxygens (including phenoxy) is 1. The second-order valence-corrected chi connectivity index (χ2v) is 5.52. The molecule has 0 bridgehead atoms. The summed E-state index contributed by atoms with van der Waals surface area (Å²) in [5.74, 6) is -0.310. The van der Waals surface area contributed by atoms with E-state index in [1.807, 2.05) is 12.1 Å². The van der Waals surface area contributed by atoms with Crippen molar-refractivity contribution in [1.29, 1.82) is 0 Å². The van der Waals surface area contributed by atoms with Gasteiger partial charge in [-0.2, -0.15) is 0 Å². The van der Waals surface area contributed by atoms with E-state index in [1.165, 1.54) is 11.8 Å². The van der Waals surface area contributed by atoms with Crippen molar-refractivity contribution in [3.05, 3.63) is 34.9 Å². The van der Waals surface area contributed by atoms with Crippen LogP contribution in [0.2, 0.25) is 5.02 Å². The maximum atomic E-state index is 12.1. The molecule has 0 aliphatic rings. The molecule has 1 atom stereocenters. The summed E-state index contributed by atoms with van der Waals surface area (Å²) in [6, 6.07) is 6.70. The van der Waals surface area contributed by atoms with Gasteiger partial charge in [0.2, 0.25) is 11.8 Å². The maximum absolute atomic E-state index is 12.1. The predicted octanol–water partition coefficient (Wildman–Crippen LogP) is 2.23. The number of carbonyl (C=O) groups excluding carboxylic acids is 2. The molecule has 5 nitrogen and oxygen atoms in total. The lowest BCUT2D eigenvalue weighted by Gasteiger charge is -2.27. The number of amides is 2. The molecule has 6 heteroatoms. The minimum Gasteiger partial charge on any atom is -0.385 e. The van der Waals surface area contributed by atoms with E-state index in [9.17, 15) is 9.59 Å². The van der Waals surface area contributed by atoms with E-state index in [4.69, 9.17) is 16.3 Å². The summed E-state index contributed by atoms with van der Waals surface area (Å²) >= 11 is 5.85. The van der Waals surface area contributed by atoms with Gasteiger partial charge in [-0.1, -0.05) is 23.7 Å². The van der Waals surface area contributed by atoms with Crippen molar-refractivity contribution in [3.63, 3.8) is 0 Å². The second-order valence-electron chi connectivity index (χ2n) is 5.09. The zero-order valence-electron chi connectivity index (χ0n) is 13.3. The summed E-state index contributed by atoms with van der Waals surface area (Å²) in [4.78, 5) is 25.5. The van der Waals surface area contributed by atoms with E-state index in [0.717, 1.165) is 12.0 Å². The minimum atomic E-state index is -0.532. The van der Waals surface area contributed by atoms with Crippen LogP contribution < -0.4 is 5.32 Å². The molecular formula is C16H23ClN2O3. The Bertz CT molecular complexity index is 491. The number of nitrogens with one attached hydrogen (secondary N) is 1. The molecule has 0 aromatic heterocycles. The maximum Gasteiger partial charge on any atom is 0.242 e. The average Bonchev–Trinajstić information content (AvgIpc) is 2.49. The molecule has 2 amide bonds. The highest BCUT2D eigenvalue weighted by Crippen LogP contribution is 2.13. The topological polar surface area (TPSA) is 58.6 Å². The van der Waals surface area contributed by atoms with E-state index < -0.39 is 6.04 Å². The van der Waals surface area contributed by atoms with E-state index in [1.54, 1.807) is 26.2 Å². The molecule has 0 heterocycles. The number of hydrogen-bond donors (Lipinski definition) is 1. The molecule has 1 N–H and O–H groups in total. The Morgan fingerprint density at radius 1 is 1.32 bits per heavy atom. The minimum absolute atomic E-state index is 0.144. The van der Waals surface area contributed by atoms with Gasteiger partial charge in [0.1, 0.15) is 6.04 Å². The van der Waals surface area contributed by atoms with Crippen LogP contribution in [0.3, 0.4) is 0 Å². The quantitative estimate of drug-likeness (QED) is 0.745. The van der Waals surface area contributed by atoms with Gasteiger partial charge >= 0.3 is 0 Å². The zero-order chi connectivity index (χ0) is 16.5. The molecule has 1 unspecified atom stereocenters. The second kappa shape index (κ2) is 9.43. The van der Waals surface area contributed by atoms with E-state index >= 15 is 0 Å². The van der Waals surface area contributed by atoms with Crippen LogP contribution >= 0.6 is 11.6 Å². The third-order valence-corrected chi connectivity index (χ3v) is 3.59. The Labute approximate surface area is 136 Å². The lowest BCUT2D eigenvalue weighted by Crippen LogP contribution is -2.47. The molecule has 1 rings (SSSR count). The summed E-state index contributed by atoms with van der Waals surface area (Å²) in [6.07, 6.45) is 0.742. The van der Waals surface area contributed by atoms with Gasteiger partial charge in [0.15, 0.2) is 0 Å². The molecule has 0 radical (unpaired) electrons. The van der Waals surface area contributed by atoms with Crippen LogP contribution in [0.5, 0.6) is 0 Å². The van der Waals surface area contributed by atoms with Crippen molar-refractivity contribution in [3.8, 4) is 0 Å². The van der Waals surface area contributed by atoms with Gasteiger partial charge in [0, 0.05) is 38.8 Å². The molecule has 0 aliphatic heterocycles. The smallest absolute Gasteiger partial charge is 0.242 e. The van der Waals surface area contributed by atoms with Gasteiger partial charge in [-0.15, -0.1) is 0 Å². The zero-order valence-corrected chi connectivity index (χ0v) is 14.0. The Morgan fingerprint density at radius 3 is 2.50 bits per heavy atom. The molecule has 0 saturated heterocycles. The first kappa shape index (κ1) is 18.5. The van der Waals surface area contributed by atoms with Gasteiger partial charge in [-0.25, -0.2) is 0 Å².